The Morgan fingerprint density at radius 2 is 1.25 bits per heavy atom. The van der Waals surface area contributed by atoms with Crippen LogP contribution < -0.4 is 0 Å². The Labute approximate surface area is 68.8 Å². The first-order valence-electron chi connectivity index (χ1n) is 3.32. The first kappa shape index (κ1) is 7.23. The van der Waals surface area contributed by atoms with Gasteiger partial charge in [0.15, 0.2) is 0 Å². The van der Waals surface area contributed by atoms with E-state index in [1.54, 1.807) is 0 Å². The molecule has 1 saturated carbocycles. The summed E-state index contributed by atoms with van der Waals surface area (Å²) in [6, 6.07) is 0. The predicted octanol–water partition coefficient (Wildman–Crippen LogP) is 0.404. The molecule has 0 saturated heterocycles. The van der Waals surface area contributed by atoms with Crippen LogP contribution in [0, 0.1) is 0 Å². The maximum atomic E-state index is 1.97. The molecule has 0 aromatic carbocycles. The van der Waals surface area contributed by atoms with Gasteiger partial charge < -0.3 is 0 Å². The van der Waals surface area contributed by atoms with Crippen molar-refractivity contribution in [1.82, 2.24) is 0 Å². The van der Waals surface area contributed by atoms with Gasteiger partial charge in [-0.05, 0) is 0 Å². The molecule has 48 valence electrons. The Morgan fingerprint density at radius 3 is 1.50 bits per heavy atom. The molecule has 1 aliphatic rings. The molecular weight excluding hydrogens is 222 g/mol. The summed E-state index contributed by atoms with van der Waals surface area (Å²) in [5.74, 6) is 0. The van der Waals surface area contributed by atoms with Gasteiger partial charge in [-0.25, -0.2) is 0 Å². The standard InChI is InChI=1S/C6H14As2/c7-5-3-1-2-4-6(5)8/h5-6H,1-4,7-8H2/t5-,6-/m1/s1. The van der Waals surface area contributed by atoms with Crippen LogP contribution >= 0.6 is 0 Å². The summed E-state index contributed by atoms with van der Waals surface area (Å²) in [6.07, 6.45) is 6.04. The zero-order valence-corrected chi connectivity index (χ0v) is 9.98. The van der Waals surface area contributed by atoms with E-state index in [1.165, 1.54) is 25.7 Å². The van der Waals surface area contributed by atoms with Gasteiger partial charge in [0.05, 0.1) is 0 Å². The molecule has 8 heavy (non-hydrogen) atoms. The van der Waals surface area contributed by atoms with Crippen LogP contribution in [0.4, 0.5) is 0 Å². The quantitative estimate of drug-likeness (QED) is 0.534. The molecule has 0 bridgehead atoms. The summed E-state index contributed by atoms with van der Waals surface area (Å²) in [5, 5.41) is 0. The van der Waals surface area contributed by atoms with Crippen LogP contribution in [-0.4, -0.2) is 33.7 Å². The van der Waals surface area contributed by atoms with Crippen LogP contribution in [0.5, 0.6) is 0 Å². The van der Waals surface area contributed by atoms with E-state index in [0.29, 0.717) is 0 Å². The van der Waals surface area contributed by atoms with Crippen molar-refractivity contribution in [1.29, 1.82) is 0 Å². The van der Waals surface area contributed by atoms with Crippen LogP contribution in [0.1, 0.15) is 25.7 Å². The molecule has 0 N–H and O–H groups in total. The second-order valence-electron chi connectivity index (χ2n) is 2.61. The number of hydrogen-bond acceptors (Lipinski definition) is 0. The molecule has 0 aromatic rings. The first-order valence-corrected chi connectivity index (χ1v) is 6.11. The molecule has 0 heterocycles. The third kappa shape index (κ3) is 1.81. The summed E-state index contributed by atoms with van der Waals surface area (Å²) >= 11 is 3.94. The second kappa shape index (κ2) is 3.33. The van der Waals surface area contributed by atoms with Crippen molar-refractivity contribution in [3.05, 3.63) is 0 Å². The van der Waals surface area contributed by atoms with E-state index in [2.05, 4.69) is 0 Å². The fourth-order valence-corrected chi connectivity index (χ4v) is 2.98. The Balaban J connectivity index is 2.28. The summed E-state index contributed by atoms with van der Waals surface area (Å²) in [6.45, 7) is 0. The van der Waals surface area contributed by atoms with Gasteiger partial charge in [0.25, 0.3) is 0 Å². The maximum absolute atomic E-state index is 1.97. The third-order valence-electron chi connectivity index (χ3n) is 1.87. The Morgan fingerprint density at radius 1 is 0.875 bits per heavy atom. The fraction of sp³-hybridized carbons (Fsp3) is 1.00. The molecule has 2 heteroatoms. The topological polar surface area (TPSA) is 0 Å². The predicted molar refractivity (Wildman–Crippen MR) is 43.1 cm³/mol. The number of rotatable bonds is 0. The monoisotopic (exact) mass is 236 g/mol. The van der Waals surface area contributed by atoms with E-state index >= 15 is 0 Å². The summed E-state index contributed by atoms with van der Waals surface area (Å²) < 4.78 is 2.19. The van der Waals surface area contributed by atoms with E-state index in [1.807, 2.05) is 33.7 Å². The van der Waals surface area contributed by atoms with E-state index in [0.717, 1.165) is 9.41 Å². The van der Waals surface area contributed by atoms with Crippen molar-refractivity contribution in [3.8, 4) is 0 Å². The average Bonchev–Trinajstić information content (AvgIpc) is 1.77. The van der Waals surface area contributed by atoms with E-state index in [9.17, 15) is 0 Å². The van der Waals surface area contributed by atoms with Crippen molar-refractivity contribution in [2.75, 3.05) is 0 Å². The zero-order valence-electron chi connectivity index (χ0n) is 5.14. The van der Waals surface area contributed by atoms with Crippen molar-refractivity contribution in [2.24, 2.45) is 0 Å². The van der Waals surface area contributed by atoms with Crippen LogP contribution in [0.15, 0.2) is 0 Å². The van der Waals surface area contributed by atoms with E-state index in [4.69, 9.17) is 0 Å². The molecule has 1 rings (SSSR count). The third-order valence-corrected chi connectivity index (χ3v) is 7.30. The molecule has 0 nitrogen and oxygen atoms in total. The van der Waals surface area contributed by atoms with Crippen LogP contribution in [0.3, 0.4) is 0 Å². The molecule has 4 atom stereocenters. The number of hydrogen-bond donors (Lipinski definition) is 0. The first-order chi connectivity index (χ1) is 3.80. The molecule has 0 radical (unpaired) electrons. The fourth-order valence-electron chi connectivity index (χ4n) is 1.19. The Hall–Kier alpha value is 1.12. The average molecular weight is 236 g/mol. The van der Waals surface area contributed by atoms with Crippen LogP contribution in [0.2, 0.25) is 9.41 Å². The molecule has 0 aliphatic heterocycles. The second-order valence-corrected chi connectivity index (χ2v) is 6.21. The minimum absolute atomic E-state index is 1.09. The minimum atomic E-state index is 1.09. The molecule has 0 aromatic heterocycles. The van der Waals surface area contributed by atoms with Crippen molar-refractivity contribution < 1.29 is 0 Å². The molecule has 0 amide bonds. The molecule has 1 fully saturated rings. The van der Waals surface area contributed by atoms with Crippen LogP contribution in [-0.2, 0) is 0 Å². The molecular formula is C6H14As2. The van der Waals surface area contributed by atoms with Gasteiger partial charge in [0.1, 0.15) is 0 Å². The summed E-state index contributed by atoms with van der Waals surface area (Å²) in [5.41, 5.74) is 0. The van der Waals surface area contributed by atoms with Gasteiger partial charge in [0, 0.05) is 0 Å². The van der Waals surface area contributed by atoms with E-state index < -0.39 is 0 Å². The van der Waals surface area contributed by atoms with Gasteiger partial charge in [-0.1, -0.05) is 0 Å². The van der Waals surface area contributed by atoms with Gasteiger partial charge in [-0.2, -0.15) is 0 Å². The van der Waals surface area contributed by atoms with Gasteiger partial charge in [-0.15, -0.1) is 0 Å². The summed E-state index contributed by atoms with van der Waals surface area (Å²) in [7, 11) is 0. The summed E-state index contributed by atoms with van der Waals surface area (Å²) in [4.78, 5) is 0. The van der Waals surface area contributed by atoms with Crippen molar-refractivity contribution >= 4 is 33.7 Å². The zero-order chi connectivity index (χ0) is 5.98. The molecule has 1 aliphatic carbocycles. The van der Waals surface area contributed by atoms with Gasteiger partial charge in [-0.3, -0.25) is 0 Å². The Kier molecular flexibility index (Phi) is 3.01. The molecule has 0 spiro atoms. The van der Waals surface area contributed by atoms with Crippen molar-refractivity contribution in [3.63, 3.8) is 0 Å². The van der Waals surface area contributed by atoms with Crippen LogP contribution in [0.25, 0.3) is 0 Å². The SMILES string of the molecule is [AsH2][C@@H]1CCCC[C@H]1[AsH2]. The van der Waals surface area contributed by atoms with Gasteiger partial charge >= 0.3 is 68.8 Å². The molecule has 2 unspecified atom stereocenters. The normalized spacial score (nSPS) is 39.8. The van der Waals surface area contributed by atoms with E-state index in [-0.39, 0.29) is 0 Å². The van der Waals surface area contributed by atoms with Gasteiger partial charge in [0.2, 0.25) is 0 Å². The Bertz CT molecular complexity index is 62.9. The van der Waals surface area contributed by atoms with Crippen molar-refractivity contribution in [2.45, 2.75) is 35.1 Å².